The second-order valence-corrected chi connectivity index (χ2v) is 5.34. The van der Waals surface area contributed by atoms with Crippen molar-refractivity contribution in [2.45, 2.75) is 13.3 Å². The summed E-state index contributed by atoms with van der Waals surface area (Å²) in [6.45, 7) is 3.47. The molecule has 1 aliphatic rings. The molecule has 102 valence electrons. The van der Waals surface area contributed by atoms with Crippen LogP contribution in [0, 0.1) is 0 Å². The van der Waals surface area contributed by atoms with E-state index in [0.29, 0.717) is 31.7 Å². The van der Waals surface area contributed by atoms with E-state index in [1.807, 2.05) is 10.8 Å². The number of nitrogens with zero attached hydrogens (tertiary/aromatic N) is 2. The Labute approximate surface area is 115 Å². The molecular weight excluding hydrogens is 264 g/mol. The van der Waals surface area contributed by atoms with Crippen molar-refractivity contribution in [3.05, 3.63) is 22.4 Å². The highest BCUT2D eigenvalue weighted by Gasteiger charge is 2.25. The van der Waals surface area contributed by atoms with Gasteiger partial charge in [-0.2, -0.15) is 11.3 Å². The highest BCUT2D eigenvalue weighted by Crippen LogP contribution is 2.12. The minimum absolute atomic E-state index is 0.0138. The number of ketones is 1. The number of rotatable bonds is 3. The first kappa shape index (κ1) is 13.7. The molecule has 5 nitrogen and oxygen atoms in total. The molecule has 1 aromatic heterocycles. The van der Waals surface area contributed by atoms with E-state index in [0.717, 1.165) is 0 Å². The Kier molecular flexibility index (Phi) is 4.31. The highest BCUT2D eigenvalue weighted by molar-refractivity contribution is 7.08. The van der Waals surface area contributed by atoms with Gasteiger partial charge in [0.15, 0.2) is 0 Å². The number of hydrogen-bond donors (Lipinski definition) is 0. The maximum Gasteiger partial charge on any atom is 0.254 e. The van der Waals surface area contributed by atoms with E-state index in [-0.39, 0.29) is 24.0 Å². The molecule has 0 bridgehead atoms. The normalized spacial score (nSPS) is 15.4. The van der Waals surface area contributed by atoms with Crippen LogP contribution in [0.5, 0.6) is 0 Å². The Hall–Kier alpha value is -1.69. The first-order valence-corrected chi connectivity index (χ1v) is 7.11. The van der Waals surface area contributed by atoms with E-state index in [1.54, 1.807) is 15.9 Å². The zero-order valence-corrected chi connectivity index (χ0v) is 11.6. The molecule has 0 radical (unpaired) electrons. The maximum absolute atomic E-state index is 12.1. The van der Waals surface area contributed by atoms with Crippen molar-refractivity contribution in [1.29, 1.82) is 0 Å². The van der Waals surface area contributed by atoms with Gasteiger partial charge in [-0.05, 0) is 18.4 Å². The molecule has 1 aromatic rings. The van der Waals surface area contributed by atoms with Gasteiger partial charge in [-0.3, -0.25) is 14.4 Å². The smallest absolute Gasteiger partial charge is 0.254 e. The zero-order chi connectivity index (χ0) is 13.8. The standard InChI is InChI=1S/C13H16N2O3S/c1-10(16)8-12(17)14-3-5-15(6-4-14)13(18)11-2-7-19-9-11/h2,7,9H,3-6,8H2,1H3. The maximum atomic E-state index is 12.1. The predicted molar refractivity (Wildman–Crippen MR) is 72.1 cm³/mol. The van der Waals surface area contributed by atoms with Gasteiger partial charge in [0.1, 0.15) is 5.78 Å². The molecule has 0 aromatic carbocycles. The lowest BCUT2D eigenvalue weighted by atomic mass is 10.2. The molecule has 0 unspecified atom stereocenters. The second kappa shape index (κ2) is 5.97. The molecule has 0 atom stereocenters. The third-order valence-electron chi connectivity index (χ3n) is 3.09. The van der Waals surface area contributed by atoms with Gasteiger partial charge >= 0.3 is 0 Å². The lowest BCUT2D eigenvalue weighted by Gasteiger charge is -2.34. The first-order chi connectivity index (χ1) is 9.08. The zero-order valence-electron chi connectivity index (χ0n) is 10.8. The van der Waals surface area contributed by atoms with Crippen molar-refractivity contribution in [2.75, 3.05) is 26.2 Å². The third-order valence-corrected chi connectivity index (χ3v) is 3.77. The molecule has 1 saturated heterocycles. The molecule has 2 amide bonds. The van der Waals surface area contributed by atoms with Gasteiger partial charge < -0.3 is 9.80 Å². The second-order valence-electron chi connectivity index (χ2n) is 4.56. The minimum Gasteiger partial charge on any atom is -0.339 e. The molecule has 2 heterocycles. The summed E-state index contributed by atoms with van der Waals surface area (Å²) in [5.41, 5.74) is 0.702. The van der Waals surface area contributed by atoms with Crippen LogP contribution in [0.2, 0.25) is 0 Å². The van der Waals surface area contributed by atoms with Crippen LogP contribution in [0.3, 0.4) is 0 Å². The van der Waals surface area contributed by atoms with E-state index >= 15 is 0 Å². The number of amides is 2. The van der Waals surface area contributed by atoms with Crippen molar-refractivity contribution in [3.63, 3.8) is 0 Å². The van der Waals surface area contributed by atoms with Gasteiger partial charge in [-0.15, -0.1) is 0 Å². The Morgan fingerprint density at radius 3 is 2.32 bits per heavy atom. The number of hydrogen-bond acceptors (Lipinski definition) is 4. The summed E-state index contributed by atoms with van der Waals surface area (Å²) in [7, 11) is 0. The van der Waals surface area contributed by atoms with Gasteiger partial charge in [0.2, 0.25) is 5.91 Å². The average molecular weight is 280 g/mol. The molecule has 0 aliphatic carbocycles. The van der Waals surface area contributed by atoms with Crippen molar-refractivity contribution < 1.29 is 14.4 Å². The minimum atomic E-state index is -0.143. The van der Waals surface area contributed by atoms with Crippen LogP contribution in [0.15, 0.2) is 16.8 Å². The van der Waals surface area contributed by atoms with Crippen molar-refractivity contribution in [1.82, 2.24) is 9.80 Å². The van der Waals surface area contributed by atoms with Gasteiger partial charge in [0.05, 0.1) is 12.0 Å². The fourth-order valence-electron chi connectivity index (χ4n) is 2.05. The quantitative estimate of drug-likeness (QED) is 0.777. The lowest BCUT2D eigenvalue weighted by molar-refractivity contribution is -0.136. The van der Waals surface area contributed by atoms with E-state index in [4.69, 9.17) is 0 Å². The number of carbonyl (C=O) groups is 3. The van der Waals surface area contributed by atoms with Crippen LogP contribution in [0.1, 0.15) is 23.7 Å². The fraction of sp³-hybridized carbons (Fsp3) is 0.462. The summed E-state index contributed by atoms with van der Waals surface area (Å²) < 4.78 is 0. The summed E-state index contributed by atoms with van der Waals surface area (Å²) in [6, 6.07) is 1.81. The van der Waals surface area contributed by atoms with Crippen molar-refractivity contribution >= 4 is 28.9 Å². The summed E-state index contributed by atoms with van der Waals surface area (Å²) in [5.74, 6) is -0.253. The summed E-state index contributed by atoms with van der Waals surface area (Å²) in [5, 5.41) is 3.70. The summed E-state index contributed by atoms with van der Waals surface area (Å²) in [4.78, 5) is 38.1. The molecular formula is C13H16N2O3S. The van der Waals surface area contributed by atoms with E-state index in [9.17, 15) is 14.4 Å². The Morgan fingerprint density at radius 1 is 1.16 bits per heavy atom. The number of carbonyl (C=O) groups excluding carboxylic acids is 3. The summed E-state index contributed by atoms with van der Waals surface area (Å²) >= 11 is 1.49. The van der Waals surface area contributed by atoms with E-state index in [1.165, 1.54) is 18.3 Å². The van der Waals surface area contributed by atoms with Crippen LogP contribution in [0.4, 0.5) is 0 Å². The van der Waals surface area contributed by atoms with Crippen molar-refractivity contribution in [2.24, 2.45) is 0 Å². The van der Waals surface area contributed by atoms with Crippen LogP contribution >= 0.6 is 11.3 Å². The average Bonchev–Trinajstić information content (AvgIpc) is 2.91. The van der Waals surface area contributed by atoms with Crippen molar-refractivity contribution in [3.8, 4) is 0 Å². The SMILES string of the molecule is CC(=O)CC(=O)N1CCN(C(=O)c2ccsc2)CC1. The van der Waals surface area contributed by atoms with Crippen LogP contribution in [0.25, 0.3) is 0 Å². The van der Waals surface area contributed by atoms with E-state index < -0.39 is 0 Å². The molecule has 6 heteroatoms. The van der Waals surface area contributed by atoms with Crippen LogP contribution < -0.4 is 0 Å². The first-order valence-electron chi connectivity index (χ1n) is 6.16. The molecule has 1 fully saturated rings. The predicted octanol–water partition coefficient (Wildman–Crippen LogP) is 1.01. The number of thiophene rings is 1. The van der Waals surface area contributed by atoms with Gasteiger partial charge in [-0.25, -0.2) is 0 Å². The molecule has 19 heavy (non-hydrogen) atoms. The van der Waals surface area contributed by atoms with Crippen LogP contribution in [-0.2, 0) is 9.59 Å². The third kappa shape index (κ3) is 3.41. The molecule has 0 N–H and O–H groups in total. The molecule has 1 aliphatic heterocycles. The molecule has 2 rings (SSSR count). The Morgan fingerprint density at radius 2 is 1.79 bits per heavy atom. The lowest BCUT2D eigenvalue weighted by Crippen LogP contribution is -2.50. The summed E-state index contributed by atoms with van der Waals surface area (Å²) in [6.07, 6.45) is -0.0432. The van der Waals surface area contributed by atoms with E-state index in [2.05, 4.69) is 0 Å². The number of Topliss-reactive ketones (excluding diaryl/α,β-unsaturated/α-hetero) is 1. The largest absolute Gasteiger partial charge is 0.339 e. The Balaban J connectivity index is 1.87. The highest BCUT2D eigenvalue weighted by atomic mass is 32.1. The van der Waals surface area contributed by atoms with Gasteiger partial charge in [0, 0.05) is 31.6 Å². The van der Waals surface area contributed by atoms with Crippen LogP contribution in [-0.4, -0.2) is 53.6 Å². The van der Waals surface area contributed by atoms with Gasteiger partial charge in [-0.1, -0.05) is 0 Å². The molecule has 0 saturated carbocycles. The fourth-order valence-corrected chi connectivity index (χ4v) is 2.68. The molecule has 0 spiro atoms. The Bertz CT molecular complexity index is 476. The van der Waals surface area contributed by atoms with Gasteiger partial charge in [0.25, 0.3) is 5.91 Å². The topological polar surface area (TPSA) is 57.7 Å². The monoisotopic (exact) mass is 280 g/mol. The number of piperazine rings is 1.